The first kappa shape index (κ1) is 20.3. The number of nitrogens with one attached hydrogen (secondary N) is 1. The Labute approximate surface area is 183 Å². The normalized spacial score (nSPS) is 10.9. The van der Waals surface area contributed by atoms with Gasteiger partial charge in [0.15, 0.2) is 11.0 Å². The van der Waals surface area contributed by atoms with Crippen LogP contribution in [-0.2, 0) is 18.4 Å². The van der Waals surface area contributed by atoms with Crippen molar-refractivity contribution in [2.24, 2.45) is 7.05 Å². The Morgan fingerprint density at radius 2 is 1.83 bits per heavy atom. The number of thioether (sulfide) groups is 1. The lowest BCUT2D eigenvalue weighted by Crippen LogP contribution is -2.14. The topological polar surface area (TPSA) is 69.0 Å². The Morgan fingerprint density at radius 1 is 1.07 bits per heavy atom. The highest BCUT2D eigenvalue weighted by Crippen LogP contribution is 2.25. The number of hydrogen-bond donors (Lipinski definition) is 1. The summed E-state index contributed by atoms with van der Waals surface area (Å²) in [5, 5.41) is 14.6. The largest absolute Gasteiger partial charge is 0.484 e. The zero-order chi connectivity index (χ0) is 20.9. The molecular weight excluding hydrogens is 420 g/mol. The summed E-state index contributed by atoms with van der Waals surface area (Å²) in [6.45, 7) is 0.232. The maximum Gasteiger partial charge on any atom is 0.234 e. The molecule has 0 aliphatic carbocycles. The van der Waals surface area contributed by atoms with Crippen molar-refractivity contribution in [3.63, 3.8) is 0 Å². The number of amides is 1. The number of carbonyl (C=O) groups excluding carboxylic acids is 1. The Kier molecular flexibility index (Phi) is 6.21. The molecule has 1 amide bonds. The second-order valence-electron chi connectivity index (χ2n) is 6.54. The average Bonchev–Trinajstić information content (AvgIpc) is 3.11. The van der Waals surface area contributed by atoms with Crippen LogP contribution in [0.4, 0.5) is 5.69 Å². The van der Waals surface area contributed by atoms with Crippen molar-refractivity contribution in [3.05, 3.63) is 77.6 Å². The number of para-hydroxylation sites is 1. The first-order valence-electron chi connectivity index (χ1n) is 9.28. The van der Waals surface area contributed by atoms with Gasteiger partial charge in [-0.25, -0.2) is 0 Å². The van der Waals surface area contributed by atoms with Crippen LogP contribution in [0, 0.1) is 0 Å². The third-order valence-electron chi connectivity index (χ3n) is 4.51. The van der Waals surface area contributed by atoms with Crippen molar-refractivity contribution in [1.82, 2.24) is 14.8 Å². The Balaban J connectivity index is 1.36. The first-order chi connectivity index (χ1) is 14.6. The fourth-order valence-corrected chi connectivity index (χ4v) is 3.87. The van der Waals surface area contributed by atoms with Gasteiger partial charge in [0.25, 0.3) is 0 Å². The molecule has 0 spiro atoms. The van der Waals surface area contributed by atoms with Gasteiger partial charge < -0.3 is 14.6 Å². The van der Waals surface area contributed by atoms with Crippen molar-refractivity contribution in [1.29, 1.82) is 0 Å². The van der Waals surface area contributed by atoms with E-state index in [9.17, 15) is 4.79 Å². The summed E-state index contributed by atoms with van der Waals surface area (Å²) < 4.78 is 7.53. The molecule has 0 aliphatic heterocycles. The lowest BCUT2D eigenvalue weighted by Gasteiger charge is -2.09. The van der Waals surface area contributed by atoms with Gasteiger partial charge in [-0.15, -0.1) is 10.2 Å². The molecule has 0 atom stereocenters. The van der Waals surface area contributed by atoms with Crippen LogP contribution >= 0.6 is 23.4 Å². The molecule has 4 rings (SSSR count). The molecule has 0 fully saturated rings. The second kappa shape index (κ2) is 9.19. The van der Waals surface area contributed by atoms with Gasteiger partial charge in [0.05, 0.1) is 10.8 Å². The smallest absolute Gasteiger partial charge is 0.234 e. The van der Waals surface area contributed by atoms with E-state index in [1.807, 2.05) is 66.2 Å². The third-order valence-corrected chi connectivity index (χ3v) is 5.85. The van der Waals surface area contributed by atoms with E-state index in [-0.39, 0.29) is 18.3 Å². The monoisotopic (exact) mass is 438 g/mol. The van der Waals surface area contributed by atoms with Crippen molar-refractivity contribution < 1.29 is 9.53 Å². The molecule has 152 valence electrons. The maximum atomic E-state index is 12.5. The first-order valence-corrected chi connectivity index (χ1v) is 10.6. The lowest BCUT2D eigenvalue weighted by molar-refractivity contribution is -0.113. The Morgan fingerprint density at radius 3 is 2.70 bits per heavy atom. The van der Waals surface area contributed by atoms with E-state index in [0.29, 0.717) is 21.8 Å². The molecule has 30 heavy (non-hydrogen) atoms. The fraction of sp³-hybridized carbons (Fsp3) is 0.136. The molecule has 0 saturated heterocycles. The summed E-state index contributed by atoms with van der Waals surface area (Å²) in [5.74, 6) is 1.35. The summed E-state index contributed by atoms with van der Waals surface area (Å²) in [5.41, 5.74) is 0.797. The SMILES string of the molecule is Cn1c(COc2ccccc2Cl)nnc1SCC(=O)Nc1cccc2ccccc12. The second-order valence-corrected chi connectivity index (χ2v) is 7.89. The maximum absolute atomic E-state index is 12.5. The number of nitrogens with zero attached hydrogens (tertiary/aromatic N) is 3. The van der Waals surface area contributed by atoms with E-state index < -0.39 is 0 Å². The van der Waals surface area contributed by atoms with Crippen LogP contribution < -0.4 is 10.1 Å². The molecule has 1 heterocycles. The molecule has 0 bridgehead atoms. The summed E-state index contributed by atoms with van der Waals surface area (Å²) in [4.78, 5) is 12.5. The number of carbonyl (C=O) groups is 1. The van der Waals surface area contributed by atoms with Crippen molar-refractivity contribution >= 4 is 45.7 Å². The quantitative estimate of drug-likeness (QED) is 0.414. The molecule has 1 N–H and O–H groups in total. The van der Waals surface area contributed by atoms with Gasteiger partial charge in [0.1, 0.15) is 12.4 Å². The molecule has 4 aromatic rings. The van der Waals surface area contributed by atoms with E-state index in [1.54, 1.807) is 12.1 Å². The van der Waals surface area contributed by atoms with Crippen molar-refractivity contribution in [3.8, 4) is 5.75 Å². The fourth-order valence-electron chi connectivity index (χ4n) is 2.95. The van der Waals surface area contributed by atoms with Gasteiger partial charge >= 0.3 is 0 Å². The van der Waals surface area contributed by atoms with Crippen molar-refractivity contribution in [2.75, 3.05) is 11.1 Å². The highest BCUT2D eigenvalue weighted by Gasteiger charge is 2.13. The highest BCUT2D eigenvalue weighted by atomic mass is 35.5. The molecule has 3 aromatic carbocycles. The summed E-state index contributed by atoms with van der Waals surface area (Å²) in [6, 6.07) is 21.1. The van der Waals surface area contributed by atoms with Gasteiger partial charge in [0.2, 0.25) is 5.91 Å². The van der Waals surface area contributed by atoms with Gasteiger partial charge in [0, 0.05) is 18.1 Å². The number of hydrogen-bond acceptors (Lipinski definition) is 5. The van der Waals surface area contributed by atoms with E-state index in [2.05, 4.69) is 15.5 Å². The van der Waals surface area contributed by atoms with Crippen LogP contribution in [0.5, 0.6) is 5.75 Å². The van der Waals surface area contributed by atoms with Gasteiger partial charge in [-0.3, -0.25) is 4.79 Å². The molecule has 0 unspecified atom stereocenters. The predicted molar refractivity (Wildman–Crippen MR) is 120 cm³/mol. The zero-order valence-electron chi connectivity index (χ0n) is 16.2. The zero-order valence-corrected chi connectivity index (χ0v) is 17.8. The Hall–Kier alpha value is -3.03. The van der Waals surface area contributed by atoms with Gasteiger partial charge in [-0.05, 0) is 23.6 Å². The number of fused-ring (bicyclic) bond motifs is 1. The third kappa shape index (κ3) is 4.58. The number of benzene rings is 3. The minimum absolute atomic E-state index is 0.103. The van der Waals surface area contributed by atoms with Crippen LogP contribution in [0.3, 0.4) is 0 Å². The van der Waals surface area contributed by atoms with E-state index in [1.165, 1.54) is 11.8 Å². The minimum Gasteiger partial charge on any atom is -0.484 e. The van der Waals surface area contributed by atoms with Gasteiger partial charge in [-0.2, -0.15) is 0 Å². The Bertz CT molecular complexity index is 1190. The molecule has 8 heteroatoms. The van der Waals surface area contributed by atoms with Crippen LogP contribution in [0.15, 0.2) is 71.9 Å². The molecule has 0 aliphatic rings. The van der Waals surface area contributed by atoms with Crippen LogP contribution in [0.2, 0.25) is 5.02 Å². The minimum atomic E-state index is -0.103. The number of rotatable bonds is 7. The molecule has 0 radical (unpaired) electrons. The summed E-state index contributed by atoms with van der Waals surface area (Å²) >= 11 is 7.43. The number of ether oxygens (including phenoxy) is 1. The number of anilines is 1. The predicted octanol–water partition coefficient (Wildman–Crippen LogP) is 4.93. The van der Waals surface area contributed by atoms with Crippen LogP contribution in [0.25, 0.3) is 10.8 Å². The van der Waals surface area contributed by atoms with E-state index in [4.69, 9.17) is 16.3 Å². The standard InChI is InChI=1S/C22H19ClN4O2S/c1-27-20(13-29-19-12-5-4-10-17(19)23)25-26-22(27)30-14-21(28)24-18-11-6-8-15-7-2-3-9-16(15)18/h2-12H,13-14H2,1H3,(H,24,28). The number of aromatic nitrogens is 3. The lowest BCUT2D eigenvalue weighted by atomic mass is 10.1. The summed E-state index contributed by atoms with van der Waals surface area (Å²) in [6.07, 6.45) is 0. The van der Waals surface area contributed by atoms with Crippen LogP contribution in [-0.4, -0.2) is 26.4 Å². The average molecular weight is 439 g/mol. The van der Waals surface area contributed by atoms with E-state index >= 15 is 0 Å². The molecular formula is C22H19ClN4O2S. The highest BCUT2D eigenvalue weighted by molar-refractivity contribution is 7.99. The number of halogens is 1. The molecule has 6 nitrogen and oxygen atoms in total. The van der Waals surface area contributed by atoms with Crippen molar-refractivity contribution in [2.45, 2.75) is 11.8 Å². The summed E-state index contributed by atoms with van der Waals surface area (Å²) in [7, 11) is 1.84. The molecule has 0 saturated carbocycles. The molecule has 1 aromatic heterocycles. The van der Waals surface area contributed by atoms with Gasteiger partial charge in [-0.1, -0.05) is 71.9 Å². The van der Waals surface area contributed by atoms with E-state index in [0.717, 1.165) is 16.5 Å². The van der Waals surface area contributed by atoms with Crippen LogP contribution in [0.1, 0.15) is 5.82 Å².